The Kier molecular flexibility index (Phi) is 6.79. The number of carbonyl (C=O) groups is 1. The molecule has 0 bridgehead atoms. The Balaban J connectivity index is 1.81. The van der Waals surface area contributed by atoms with E-state index >= 15 is 0 Å². The summed E-state index contributed by atoms with van der Waals surface area (Å²) >= 11 is 5.96. The smallest absolute Gasteiger partial charge is 0.321 e. The number of halogens is 2. The molecule has 6 nitrogen and oxygen atoms in total. The monoisotopic (exact) mass is 358 g/mol. The van der Waals surface area contributed by atoms with Crippen LogP contribution < -0.4 is 5.32 Å². The van der Waals surface area contributed by atoms with Crippen LogP contribution in [-0.2, 0) is 0 Å². The molecule has 1 aromatic carbocycles. The van der Waals surface area contributed by atoms with Gasteiger partial charge in [-0.25, -0.2) is 9.18 Å². The molecule has 1 fully saturated rings. The molecule has 1 aliphatic rings. The van der Waals surface area contributed by atoms with Gasteiger partial charge in [-0.1, -0.05) is 11.6 Å². The van der Waals surface area contributed by atoms with Crippen LogP contribution >= 0.6 is 11.6 Å². The molecule has 1 aromatic rings. The summed E-state index contributed by atoms with van der Waals surface area (Å²) in [5.41, 5.74) is 0.269. The van der Waals surface area contributed by atoms with Gasteiger partial charge in [-0.15, -0.1) is 0 Å². The lowest BCUT2D eigenvalue weighted by Crippen LogP contribution is -2.52. The van der Waals surface area contributed by atoms with Gasteiger partial charge >= 0.3 is 6.03 Å². The molecule has 134 valence electrons. The van der Waals surface area contributed by atoms with E-state index in [9.17, 15) is 14.3 Å². The summed E-state index contributed by atoms with van der Waals surface area (Å²) in [6.45, 7) is 3.67. The van der Waals surface area contributed by atoms with Crippen molar-refractivity contribution < 1.29 is 14.3 Å². The van der Waals surface area contributed by atoms with Crippen LogP contribution in [-0.4, -0.2) is 85.3 Å². The number of hydrogen-bond acceptors (Lipinski definition) is 4. The number of β-amino-alcohol motifs (C(OH)–C–C–N with tert-alkyl or cyclic N) is 1. The van der Waals surface area contributed by atoms with E-state index in [0.29, 0.717) is 44.3 Å². The third-order valence-electron chi connectivity index (χ3n) is 3.87. The number of carbonyl (C=O) groups excluding carboxylic acids is 1. The Hall–Kier alpha value is -1.41. The van der Waals surface area contributed by atoms with Crippen LogP contribution in [0.1, 0.15) is 0 Å². The lowest BCUT2D eigenvalue weighted by molar-refractivity contribution is 0.0677. The first-order valence-electron chi connectivity index (χ1n) is 7.91. The molecule has 24 heavy (non-hydrogen) atoms. The molecule has 2 N–H and O–H groups in total. The number of urea groups is 1. The Labute approximate surface area is 146 Å². The maximum absolute atomic E-state index is 13.2. The number of hydrogen-bond donors (Lipinski definition) is 2. The highest BCUT2D eigenvalue weighted by molar-refractivity contribution is 6.33. The number of aliphatic hydroxyl groups excluding tert-OH is 1. The van der Waals surface area contributed by atoms with Gasteiger partial charge < -0.3 is 20.2 Å². The van der Waals surface area contributed by atoms with Crippen LogP contribution in [0.3, 0.4) is 0 Å². The number of nitrogens with zero attached hydrogens (tertiary/aromatic N) is 3. The van der Waals surface area contributed by atoms with E-state index in [0.717, 1.165) is 0 Å². The van der Waals surface area contributed by atoms with Crippen LogP contribution in [0, 0.1) is 5.82 Å². The maximum Gasteiger partial charge on any atom is 0.321 e. The average Bonchev–Trinajstić information content (AvgIpc) is 2.50. The molecular formula is C16H24ClFN4O2. The standard InChI is InChI=1S/C16H24ClFN4O2/c1-20(2)10-13(23)11-21-5-7-22(8-6-21)16(24)19-15-9-12(18)3-4-14(15)17/h3-4,9,13,23H,5-8,10-11H2,1-2H3,(H,19,24)/t13-/m1/s1. The van der Waals surface area contributed by atoms with Gasteiger partial charge in [0.2, 0.25) is 0 Å². The molecule has 2 rings (SSSR count). The van der Waals surface area contributed by atoms with Crippen LogP contribution in [0.15, 0.2) is 18.2 Å². The van der Waals surface area contributed by atoms with Crippen LogP contribution in [0.5, 0.6) is 0 Å². The topological polar surface area (TPSA) is 59.1 Å². The van der Waals surface area contributed by atoms with Gasteiger partial charge in [-0.3, -0.25) is 4.90 Å². The molecule has 8 heteroatoms. The Morgan fingerprint density at radius 3 is 2.67 bits per heavy atom. The van der Waals surface area contributed by atoms with Gasteiger partial charge in [0.1, 0.15) is 5.82 Å². The van der Waals surface area contributed by atoms with Crippen molar-refractivity contribution in [3.63, 3.8) is 0 Å². The molecule has 1 aliphatic heterocycles. The second-order valence-electron chi connectivity index (χ2n) is 6.26. The quantitative estimate of drug-likeness (QED) is 0.838. The summed E-state index contributed by atoms with van der Waals surface area (Å²) in [6, 6.07) is 3.57. The van der Waals surface area contributed by atoms with Gasteiger partial charge in [0, 0.05) is 39.3 Å². The van der Waals surface area contributed by atoms with Crippen LogP contribution in [0.2, 0.25) is 5.02 Å². The minimum atomic E-state index is -0.450. The summed E-state index contributed by atoms with van der Waals surface area (Å²) in [5, 5.41) is 12.9. The van der Waals surface area contributed by atoms with E-state index in [1.54, 1.807) is 4.90 Å². The van der Waals surface area contributed by atoms with E-state index < -0.39 is 11.9 Å². The fraction of sp³-hybridized carbons (Fsp3) is 0.562. The van der Waals surface area contributed by atoms with Gasteiger partial charge in [0.05, 0.1) is 16.8 Å². The first-order valence-corrected chi connectivity index (χ1v) is 8.29. The predicted molar refractivity (Wildman–Crippen MR) is 93.0 cm³/mol. The Morgan fingerprint density at radius 2 is 2.04 bits per heavy atom. The normalized spacial score (nSPS) is 17.2. The molecule has 0 saturated carbocycles. The number of piperazine rings is 1. The van der Waals surface area contributed by atoms with Crippen molar-refractivity contribution in [2.45, 2.75) is 6.10 Å². The van der Waals surface area contributed by atoms with E-state index in [4.69, 9.17) is 11.6 Å². The zero-order chi connectivity index (χ0) is 17.7. The zero-order valence-electron chi connectivity index (χ0n) is 14.0. The minimum absolute atomic E-state index is 0.269. The molecule has 0 radical (unpaired) electrons. The first-order chi connectivity index (χ1) is 11.3. The molecule has 1 atom stereocenters. The predicted octanol–water partition coefficient (Wildman–Crippen LogP) is 1.55. The van der Waals surface area contributed by atoms with Gasteiger partial charge in [0.25, 0.3) is 0 Å². The average molecular weight is 359 g/mol. The highest BCUT2D eigenvalue weighted by Crippen LogP contribution is 2.22. The van der Waals surface area contributed by atoms with Crippen LogP contribution in [0.4, 0.5) is 14.9 Å². The van der Waals surface area contributed by atoms with Crippen molar-refractivity contribution in [3.05, 3.63) is 29.0 Å². The zero-order valence-corrected chi connectivity index (χ0v) is 14.8. The lowest BCUT2D eigenvalue weighted by Gasteiger charge is -2.35. The number of likely N-dealkylation sites (N-methyl/N-ethyl adjacent to an activating group) is 1. The van der Waals surface area contributed by atoms with Crippen molar-refractivity contribution in [1.29, 1.82) is 0 Å². The first kappa shape index (κ1) is 18.9. The van der Waals surface area contributed by atoms with E-state index in [-0.39, 0.29) is 11.7 Å². The van der Waals surface area contributed by atoms with Crippen molar-refractivity contribution in [2.75, 3.05) is 58.7 Å². The number of amides is 2. The molecule has 1 heterocycles. The second kappa shape index (κ2) is 8.62. The number of nitrogens with one attached hydrogen (secondary N) is 1. The largest absolute Gasteiger partial charge is 0.390 e. The van der Waals surface area contributed by atoms with E-state index in [1.165, 1.54) is 18.2 Å². The summed E-state index contributed by atoms with van der Waals surface area (Å²) in [7, 11) is 3.84. The summed E-state index contributed by atoms with van der Waals surface area (Å²) < 4.78 is 13.2. The summed E-state index contributed by atoms with van der Waals surface area (Å²) in [5.74, 6) is -0.450. The van der Waals surface area contributed by atoms with Crippen molar-refractivity contribution in [1.82, 2.24) is 14.7 Å². The summed E-state index contributed by atoms with van der Waals surface area (Å²) in [6.07, 6.45) is -0.411. The third-order valence-corrected chi connectivity index (χ3v) is 4.20. The van der Waals surface area contributed by atoms with Gasteiger partial charge in [-0.2, -0.15) is 0 Å². The minimum Gasteiger partial charge on any atom is -0.390 e. The number of benzene rings is 1. The highest BCUT2D eigenvalue weighted by Gasteiger charge is 2.23. The molecule has 2 amide bonds. The number of anilines is 1. The van der Waals surface area contributed by atoms with E-state index in [1.807, 2.05) is 19.0 Å². The number of aliphatic hydroxyl groups is 1. The fourth-order valence-electron chi connectivity index (χ4n) is 2.70. The Bertz CT molecular complexity index is 565. The lowest BCUT2D eigenvalue weighted by atomic mass is 10.2. The van der Waals surface area contributed by atoms with Crippen molar-refractivity contribution >= 4 is 23.3 Å². The summed E-state index contributed by atoms with van der Waals surface area (Å²) in [4.78, 5) is 18.0. The van der Waals surface area contributed by atoms with Gasteiger partial charge in [-0.05, 0) is 32.3 Å². The SMILES string of the molecule is CN(C)C[C@@H](O)CN1CCN(C(=O)Nc2cc(F)ccc2Cl)CC1. The Morgan fingerprint density at radius 1 is 1.38 bits per heavy atom. The molecule has 0 unspecified atom stereocenters. The fourth-order valence-corrected chi connectivity index (χ4v) is 2.86. The van der Waals surface area contributed by atoms with Crippen molar-refractivity contribution in [3.8, 4) is 0 Å². The van der Waals surface area contributed by atoms with Gasteiger partial charge in [0.15, 0.2) is 0 Å². The second-order valence-corrected chi connectivity index (χ2v) is 6.67. The number of rotatable bonds is 5. The molecule has 1 saturated heterocycles. The van der Waals surface area contributed by atoms with Crippen molar-refractivity contribution in [2.24, 2.45) is 0 Å². The molecule has 0 aliphatic carbocycles. The molecule has 0 aromatic heterocycles. The third kappa shape index (κ3) is 5.59. The maximum atomic E-state index is 13.2. The van der Waals surface area contributed by atoms with Crippen LogP contribution in [0.25, 0.3) is 0 Å². The highest BCUT2D eigenvalue weighted by atomic mass is 35.5. The molecule has 0 spiro atoms. The molecular weight excluding hydrogens is 335 g/mol. The van der Waals surface area contributed by atoms with E-state index in [2.05, 4.69) is 10.2 Å².